The van der Waals surface area contributed by atoms with E-state index in [9.17, 15) is 13.2 Å². The lowest BCUT2D eigenvalue weighted by Crippen LogP contribution is -2.40. The predicted octanol–water partition coefficient (Wildman–Crippen LogP) is 1.37. The van der Waals surface area contributed by atoms with Gasteiger partial charge >= 0.3 is 0 Å². The lowest BCUT2D eigenvalue weighted by molar-refractivity contribution is 0.0737. The first-order chi connectivity index (χ1) is 11.0. The van der Waals surface area contributed by atoms with Crippen molar-refractivity contribution in [3.05, 3.63) is 29.8 Å². The van der Waals surface area contributed by atoms with Crippen molar-refractivity contribution in [1.29, 1.82) is 0 Å². The Morgan fingerprint density at radius 3 is 2.46 bits per heavy atom. The molecule has 1 saturated heterocycles. The molecule has 2 aliphatic rings. The number of halogens is 1. The average molecular weight is 374 g/mol. The highest BCUT2D eigenvalue weighted by Crippen LogP contribution is 2.23. The summed E-state index contributed by atoms with van der Waals surface area (Å²) in [5, 5.41) is 3.12. The van der Waals surface area contributed by atoms with Crippen LogP contribution in [0.5, 0.6) is 0 Å². The molecule has 1 saturated carbocycles. The van der Waals surface area contributed by atoms with Gasteiger partial charge in [0.1, 0.15) is 0 Å². The number of nitrogens with zero attached hydrogens (tertiary/aromatic N) is 1. The van der Waals surface area contributed by atoms with E-state index in [0.29, 0.717) is 5.56 Å². The molecule has 6 nitrogen and oxygen atoms in total. The van der Waals surface area contributed by atoms with Crippen LogP contribution in [0.3, 0.4) is 0 Å². The van der Waals surface area contributed by atoms with Crippen LogP contribution in [-0.2, 0) is 10.0 Å². The minimum absolute atomic E-state index is 0. The zero-order chi connectivity index (χ0) is 16.4. The minimum atomic E-state index is -3.46. The Labute approximate surface area is 149 Å². The van der Waals surface area contributed by atoms with Gasteiger partial charge in [0, 0.05) is 30.7 Å². The summed E-state index contributed by atoms with van der Waals surface area (Å²) in [6, 6.07) is 6.54. The van der Waals surface area contributed by atoms with Gasteiger partial charge in [-0.1, -0.05) is 0 Å². The van der Waals surface area contributed by atoms with Gasteiger partial charge in [0.25, 0.3) is 5.91 Å². The summed E-state index contributed by atoms with van der Waals surface area (Å²) < 4.78 is 26.9. The number of carbonyl (C=O) groups excluding carboxylic acids is 1. The van der Waals surface area contributed by atoms with Crippen molar-refractivity contribution in [1.82, 2.24) is 14.9 Å². The maximum Gasteiger partial charge on any atom is 0.254 e. The van der Waals surface area contributed by atoms with Gasteiger partial charge in [-0.3, -0.25) is 4.79 Å². The molecule has 0 spiro atoms. The Morgan fingerprint density at radius 1 is 1.21 bits per heavy atom. The second kappa shape index (κ2) is 7.82. The summed E-state index contributed by atoms with van der Waals surface area (Å²) >= 11 is 0. The molecule has 1 aliphatic heterocycles. The third-order valence-electron chi connectivity index (χ3n) is 4.39. The Balaban J connectivity index is 0.00000208. The highest BCUT2D eigenvalue weighted by Gasteiger charge is 2.30. The monoisotopic (exact) mass is 373 g/mol. The van der Waals surface area contributed by atoms with E-state index in [0.717, 1.165) is 38.8 Å². The molecule has 1 aliphatic carbocycles. The lowest BCUT2D eigenvalue weighted by Gasteiger charge is -2.24. The molecule has 1 aromatic carbocycles. The Morgan fingerprint density at radius 2 is 1.88 bits per heavy atom. The van der Waals surface area contributed by atoms with Crippen LogP contribution in [0.4, 0.5) is 0 Å². The van der Waals surface area contributed by atoms with E-state index in [1.165, 1.54) is 12.1 Å². The highest BCUT2D eigenvalue weighted by atomic mass is 35.5. The SMILES string of the molecule is CNCC1CCCN1C(=O)c1ccc(S(=O)(=O)NC2CC2)cc1.Cl. The van der Waals surface area contributed by atoms with E-state index in [-0.39, 0.29) is 35.3 Å². The van der Waals surface area contributed by atoms with Crippen LogP contribution in [0.15, 0.2) is 29.2 Å². The Hall–Kier alpha value is -1.15. The molecule has 2 fully saturated rings. The third-order valence-corrected chi connectivity index (χ3v) is 5.92. The number of rotatable bonds is 6. The van der Waals surface area contributed by atoms with E-state index in [2.05, 4.69) is 10.0 Å². The number of benzene rings is 1. The van der Waals surface area contributed by atoms with Crippen molar-refractivity contribution < 1.29 is 13.2 Å². The molecule has 0 radical (unpaired) electrons. The predicted molar refractivity (Wildman–Crippen MR) is 95.0 cm³/mol. The molecule has 0 aromatic heterocycles. The fourth-order valence-electron chi connectivity index (χ4n) is 2.98. The van der Waals surface area contributed by atoms with Gasteiger partial charge in [-0.25, -0.2) is 13.1 Å². The minimum Gasteiger partial charge on any atom is -0.334 e. The van der Waals surface area contributed by atoms with E-state index in [1.807, 2.05) is 11.9 Å². The van der Waals surface area contributed by atoms with Gasteiger partial charge < -0.3 is 10.2 Å². The first-order valence-electron chi connectivity index (χ1n) is 8.09. The molecule has 24 heavy (non-hydrogen) atoms. The summed E-state index contributed by atoms with van der Waals surface area (Å²) in [7, 11) is -1.58. The highest BCUT2D eigenvalue weighted by molar-refractivity contribution is 7.89. The van der Waals surface area contributed by atoms with Crippen molar-refractivity contribution in [2.45, 2.75) is 42.7 Å². The molecule has 1 heterocycles. The number of carbonyl (C=O) groups is 1. The molecule has 1 aromatic rings. The normalized spacial score (nSPS) is 20.7. The van der Waals surface area contributed by atoms with E-state index < -0.39 is 10.0 Å². The lowest BCUT2D eigenvalue weighted by atomic mass is 10.1. The molecule has 1 amide bonds. The van der Waals surface area contributed by atoms with E-state index in [1.54, 1.807) is 12.1 Å². The third kappa shape index (κ3) is 4.27. The molecular weight excluding hydrogens is 350 g/mol. The average Bonchev–Trinajstić information content (AvgIpc) is 3.21. The van der Waals surface area contributed by atoms with Crippen molar-refractivity contribution >= 4 is 28.3 Å². The molecule has 3 rings (SSSR count). The summed E-state index contributed by atoms with van der Waals surface area (Å²) in [6.45, 7) is 1.54. The topological polar surface area (TPSA) is 78.5 Å². The number of sulfonamides is 1. The number of hydrogen-bond donors (Lipinski definition) is 2. The second-order valence-corrected chi connectivity index (χ2v) is 7.99. The summed E-state index contributed by atoms with van der Waals surface area (Å²) in [5.41, 5.74) is 0.540. The van der Waals surface area contributed by atoms with Crippen LogP contribution < -0.4 is 10.0 Å². The maximum absolute atomic E-state index is 12.6. The molecule has 1 atom stereocenters. The van der Waals surface area contributed by atoms with Crippen molar-refractivity contribution in [2.75, 3.05) is 20.1 Å². The summed E-state index contributed by atoms with van der Waals surface area (Å²) in [6.07, 6.45) is 3.81. The van der Waals surface area contributed by atoms with Crippen molar-refractivity contribution in [3.8, 4) is 0 Å². The van der Waals surface area contributed by atoms with Crippen LogP contribution in [0, 0.1) is 0 Å². The molecule has 8 heteroatoms. The van der Waals surface area contributed by atoms with Gasteiger partial charge in [0.15, 0.2) is 0 Å². The quantitative estimate of drug-likeness (QED) is 0.789. The van der Waals surface area contributed by atoms with E-state index >= 15 is 0 Å². The second-order valence-electron chi connectivity index (χ2n) is 6.27. The first kappa shape index (κ1) is 19.2. The van der Waals surface area contributed by atoms with Crippen molar-refractivity contribution in [3.63, 3.8) is 0 Å². The van der Waals surface area contributed by atoms with Gasteiger partial charge in [-0.2, -0.15) is 0 Å². The van der Waals surface area contributed by atoms with Crippen LogP contribution in [-0.4, -0.2) is 51.4 Å². The summed E-state index contributed by atoms with van der Waals surface area (Å²) in [5.74, 6) is -0.0261. The van der Waals surface area contributed by atoms with Gasteiger partial charge in [-0.15, -0.1) is 12.4 Å². The fourth-order valence-corrected chi connectivity index (χ4v) is 4.29. The van der Waals surface area contributed by atoms with Crippen LogP contribution in [0.1, 0.15) is 36.0 Å². The zero-order valence-electron chi connectivity index (χ0n) is 13.7. The first-order valence-corrected chi connectivity index (χ1v) is 9.57. The molecule has 2 N–H and O–H groups in total. The number of amides is 1. The number of hydrogen-bond acceptors (Lipinski definition) is 4. The zero-order valence-corrected chi connectivity index (χ0v) is 15.3. The van der Waals surface area contributed by atoms with Crippen LogP contribution in [0.2, 0.25) is 0 Å². The summed E-state index contributed by atoms with van der Waals surface area (Å²) in [4.78, 5) is 14.7. The molecule has 0 bridgehead atoms. The fraction of sp³-hybridized carbons (Fsp3) is 0.562. The smallest absolute Gasteiger partial charge is 0.254 e. The van der Waals surface area contributed by atoms with Gasteiger partial charge in [0.05, 0.1) is 4.90 Å². The Kier molecular flexibility index (Phi) is 6.25. The number of likely N-dealkylation sites (tertiary alicyclic amines) is 1. The largest absolute Gasteiger partial charge is 0.334 e. The Bertz CT molecular complexity index is 674. The standard InChI is InChI=1S/C16H23N3O3S.ClH/c1-17-11-14-3-2-10-19(14)16(20)12-4-8-15(9-5-12)23(21,22)18-13-6-7-13;/h4-5,8-9,13-14,17-18H,2-3,6-7,10-11H2,1H3;1H. The number of nitrogens with one attached hydrogen (secondary N) is 2. The maximum atomic E-state index is 12.6. The van der Waals surface area contributed by atoms with Crippen LogP contribution in [0.25, 0.3) is 0 Å². The molecule has 134 valence electrons. The molecular formula is C16H24ClN3O3S. The molecule has 1 unspecified atom stereocenters. The van der Waals surface area contributed by atoms with Gasteiger partial charge in [-0.05, 0) is 57.0 Å². The van der Waals surface area contributed by atoms with Crippen LogP contribution >= 0.6 is 12.4 Å². The number of likely N-dealkylation sites (N-methyl/N-ethyl adjacent to an activating group) is 1. The van der Waals surface area contributed by atoms with Gasteiger partial charge in [0.2, 0.25) is 10.0 Å². The van der Waals surface area contributed by atoms with Crippen molar-refractivity contribution in [2.24, 2.45) is 0 Å². The van der Waals surface area contributed by atoms with E-state index in [4.69, 9.17) is 0 Å².